The van der Waals surface area contributed by atoms with Crippen LogP contribution in [0.3, 0.4) is 0 Å². The molecule has 2 amide bonds. The third kappa shape index (κ3) is 3.92. The van der Waals surface area contributed by atoms with Crippen LogP contribution >= 0.6 is 11.8 Å². The molecule has 0 bridgehead atoms. The highest BCUT2D eigenvalue weighted by Gasteiger charge is 2.25. The topological polar surface area (TPSA) is 77.9 Å². The lowest BCUT2D eigenvalue weighted by atomic mass is 10.2. The summed E-state index contributed by atoms with van der Waals surface area (Å²) < 4.78 is 0. The number of likely N-dealkylation sites (N-methyl/N-ethyl adjacent to an activating group) is 1. The van der Waals surface area contributed by atoms with Gasteiger partial charge in [0.15, 0.2) is 0 Å². The van der Waals surface area contributed by atoms with Gasteiger partial charge in [-0.1, -0.05) is 6.92 Å². The number of hydrogen-bond donors (Lipinski definition) is 1. The molecule has 1 heterocycles. The number of rotatable bonds is 5. The molecule has 0 aromatic heterocycles. The Bertz CT molecular complexity index is 334. The van der Waals surface area contributed by atoms with E-state index in [2.05, 4.69) is 0 Å². The molecule has 0 aliphatic carbocycles. The zero-order valence-electron chi connectivity index (χ0n) is 9.88. The molecule has 0 aromatic rings. The van der Waals surface area contributed by atoms with E-state index in [4.69, 9.17) is 5.11 Å². The van der Waals surface area contributed by atoms with E-state index < -0.39 is 11.9 Å². The molecule has 17 heavy (non-hydrogen) atoms. The minimum atomic E-state index is -0.933. The lowest BCUT2D eigenvalue weighted by molar-refractivity contribution is -0.143. The molecule has 6 nitrogen and oxygen atoms in total. The van der Waals surface area contributed by atoms with Gasteiger partial charge in [-0.15, -0.1) is 11.8 Å². The van der Waals surface area contributed by atoms with Crippen molar-refractivity contribution in [3.63, 3.8) is 0 Å². The summed E-state index contributed by atoms with van der Waals surface area (Å²) in [7, 11) is 1.55. The fourth-order valence-electron chi connectivity index (χ4n) is 1.41. The average molecular weight is 260 g/mol. The van der Waals surface area contributed by atoms with Crippen molar-refractivity contribution < 1.29 is 19.5 Å². The predicted molar refractivity (Wildman–Crippen MR) is 63.5 cm³/mol. The van der Waals surface area contributed by atoms with E-state index in [1.165, 1.54) is 21.6 Å². The summed E-state index contributed by atoms with van der Waals surface area (Å²) >= 11 is 1.47. The van der Waals surface area contributed by atoms with E-state index in [-0.39, 0.29) is 24.9 Å². The molecule has 1 saturated heterocycles. The van der Waals surface area contributed by atoms with Crippen LogP contribution in [0.25, 0.3) is 0 Å². The Hall–Kier alpha value is -1.24. The van der Waals surface area contributed by atoms with Gasteiger partial charge in [0.2, 0.25) is 11.8 Å². The number of carboxylic acids is 1. The molecule has 0 aromatic carbocycles. The maximum absolute atomic E-state index is 11.7. The largest absolute Gasteiger partial charge is 0.481 e. The summed E-state index contributed by atoms with van der Waals surface area (Å²) in [5.74, 6) is -0.850. The fourth-order valence-corrected chi connectivity index (χ4v) is 2.32. The van der Waals surface area contributed by atoms with Gasteiger partial charge in [-0.3, -0.25) is 14.4 Å². The van der Waals surface area contributed by atoms with Crippen molar-refractivity contribution in [1.29, 1.82) is 0 Å². The van der Waals surface area contributed by atoms with Gasteiger partial charge in [-0.05, 0) is 0 Å². The number of aliphatic carboxylic acids is 1. The van der Waals surface area contributed by atoms with Crippen molar-refractivity contribution in [1.82, 2.24) is 9.80 Å². The van der Waals surface area contributed by atoms with Crippen molar-refractivity contribution in [3.8, 4) is 0 Å². The molecule has 1 fully saturated rings. The number of hydrogen-bond acceptors (Lipinski definition) is 4. The van der Waals surface area contributed by atoms with Crippen molar-refractivity contribution >= 4 is 29.5 Å². The monoisotopic (exact) mass is 260 g/mol. The van der Waals surface area contributed by atoms with Gasteiger partial charge in [0.25, 0.3) is 0 Å². The van der Waals surface area contributed by atoms with Crippen LogP contribution < -0.4 is 0 Å². The zero-order valence-corrected chi connectivity index (χ0v) is 10.7. The van der Waals surface area contributed by atoms with E-state index in [0.717, 1.165) is 0 Å². The first kappa shape index (κ1) is 13.8. The number of amides is 2. The third-order valence-electron chi connectivity index (χ3n) is 2.55. The number of thioether (sulfide) groups is 1. The van der Waals surface area contributed by atoms with E-state index in [0.29, 0.717) is 11.6 Å². The second-order valence-electron chi connectivity index (χ2n) is 4.08. The van der Waals surface area contributed by atoms with Crippen LogP contribution in [0.5, 0.6) is 0 Å². The molecule has 0 spiro atoms. The molecule has 0 radical (unpaired) electrons. The van der Waals surface area contributed by atoms with Gasteiger partial charge in [-0.25, -0.2) is 0 Å². The molecule has 7 heteroatoms. The molecular weight excluding hydrogens is 244 g/mol. The molecule has 1 N–H and O–H groups in total. The highest BCUT2D eigenvalue weighted by Crippen LogP contribution is 2.14. The van der Waals surface area contributed by atoms with Crippen molar-refractivity contribution in [2.45, 2.75) is 6.92 Å². The SMILES string of the molecule is C[C@@H](CN(C)C(=O)CN1CSCC1=O)C(=O)O. The van der Waals surface area contributed by atoms with E-state index in [9.17, 15) is 14.4 Å². The van der Waals surface area contributed by atoms with Crippen LogP contribution in [-0.4, -0.2) is 64.5 Å². The molecule has 96 valence electrons. The Morgan fingerprint density at radius 2 is 2.24 bits per heavy atom. The van der Waals surface area contributed by atoms with E-state index in [1.54, 1.807) is 14.0 Å². The highest BCUT2D eigenvalue weighted by atomic mass is 32.2. The van der Waals surface area contributed by atoms with Gasteiger partial charge in [0, 0.05) is 13.6 Å². The molecule has 0 saturated carbocycles. The summed E-state index contributed by atoms with van der Waals surface area (Å²) in [6.45, 7) is 1.74. The average Bonchev–Trinajstić information content (AvgIpc) is 2.64. The lowest BCUT2D eigenvalue weighted by Crippen LogP contribution is -2.41. The van der Waals surface area contributed by atoms with Crippen LogP contribution in [0.1, 0.15) is 6.92 Å². The van der Waals surface area contributed by atoms with Gasteiger partial charge < -0.3 is 14.9 Å². The molecule has 0 unspecified atom stereocenters. The normalized spacial score (nSPS) is 17.1. The van der Waals surface area contributed by atoms with Crippen LogP contribution in [0.4, 0.5) is 0 Å². The maximum atomic E-state index is 11.7. The van der Waals surface area contributed by atoms with Gasteiger partial charge >= 0.3 is 5.97 Å². The first-order chi connectivity index (χ1) is 7.91. The Morgan fingerprint density at radius 3 is 2.71 bits per heavy atom. The first-order valence-corrected chi connectivity index (χ1v) is 6.39. The maximum Gasteiger partial charge on any atom is 0.308 e. The van der Waals surface area contributed by atoms with Gasteiger partial charge in [-0.2, -0.15) is 0 Å². The summed E-state index contributed by atoms with van der Waals surface area (Å²) in [5, 5.41) is 8.73. The van der Waals surface area contributed by atoms with E-state index >= 15 is 0 Å². The van der Waals surface area contributed by atoms with Gasteiger partial charge in [0.1, 0.15) is 6.54 Å². The van der Waals surface area contributed by atoms with Crippen LogP contribution in [0, 0.1) is 5.92 Å². The Morgan fingerprint density at radius 1 is 1.59 bits per heavy atom. The summed E-state index contributed by atoms with van der Waals surface area (Å²) in [6, 6.07) is 0. The Kier molecular flexibility index (Phi) is 4.80. The highest BCUT2D eigenvalue weighted by molar-refractivity contribution is 8.00. The van der Waals surface area contributed by atoms with Crippen molar-refractivity contribution in [2.75, 3.05) is 31.8 Å². The van der Waals surface area contributed by atoms with Crippen LogP contribution in [-0.2, 0) is 14.4 Å². The van der Waals surface area contributed by atoms with E-state index in [1.807, 2.05) is 0 Å². The summed E-state index contributed by atoms with van der Waals surface area (Å²) in [4.78, 5) is 36.5. The van der Waals surface area contributed by atoms with Crippen LogP contribution in [0.2, 0.25) is 0 Å². The molecular formula is C10H16N2O4S. The minimum Gasteiger partial charge on any atom is -0.481 e. The summed E-state index contributed by atoms with van der Waals surface area (Å²) in [6.07, 6.45) is 0. The predicted octanol–water partition coefficient (Wildman–Crippen LogP) is -0.302. The second-order valence-corrected chi connectivity index (χ2v) is 5.04. The van der Waals surface area contributed by atoms with Crippen molar-refractivity contribution in [2.24, 2.45) is 5.92 Å². The van der Waals surface area contributed by atoms with Crippen LogP contribution in [0.15, 0.2) is 0 Å². The smallest absolute Gasteiger partial charge is 0.308 e. The summed E-state index contributed by atoms with van der Waals surface area (Å²) in [5.41, 5.74) is 0. The Balaban J connectivity index is 2.41. The number of carboxylic acid groups (broad SMARTS) is 1. The first-order valence-electron chi connectivity index (χ1n) is 5.24. The standard InChI is InChI=1S/C10H16N2O4S/c1-7(10(15)16)3-11(2)8(13)4-12-6-17-5-9(12)14/h7H,3-6H2,1-2H3,(H,15,16)/t7-/m0/s1. The zero-order chi connectivity index (χ0) is 13.0. The molecule has 1 atom stereocenters. The molecule has 1 aliphatic heterocycles. The number of nitrogens with zero attached hydrogens (tertiary/aromatic N) is 2. The molecule has 1 aliphatic rings. The lowest BCUT2D eigenvalue weighted by Gasteiger charge is -2.22. The minimum absolute atomic E-state index is 0.0364. The molecule has 1 rings (SSSR count). The fraction of sp³-hybridized carbons (Fsp3) is 0.700. The second kappa shape index (κ2) is 5.90. The van der Waals surface area contributed by atoms with Gasteiger partial charge in [0.05, 0.1) is 17.5 Å². The number of carbonyl (C=O) groups excluding carboxylic acids is 2. The third-order valence-corrected chi connectivity index (χ3v) is 3.49. The quantitative estimate of drug-likeness (QED) is 0.734. The number of carbonyl (C=O) groups is 3. The van der Waals surface area contributed by atoms with Crippen molar-refractivity contribution in [3.05, 3.63) is 0 Å². The Labute approximate surface area is 104 Å².